The molecule has 0 bridgehead atoms. The Hall–Kier alpha value is -1.49. The van der Waals surface area contributed by atoms with Gasteiger partial charge in [0.15, 0.2) is 0 Å². The Morgan fingerprint density at radius 2 is 1.85 bits per heavy atom. The highest BCUT2D eigenvalue weighted by Crippen LogP contribution is 2.34. The number of benzene rings is 1. The van der Waals surface area contributed by atoms with Crippen LogP contribution in [-0.2, 0) is 21.6 Å². The predicted molar refractivity (Wildman–Crippen MR) is 71.5 cm³/mol. The average molecular weight is 286 g/mol. The van der Waals surface area contributed by atoms with E-state index in [1.807, 2.05) is 6.92 Å². The lowest BCUT2D eigenvalue weighted by Crippen LogP contribution is -2.42. The van der Waals surface area contributed by atoms with Crippen LogP contribution in [0.5, 0.6) is 0 Å². The molecule has 5 heteroatoms. The molecule has 2 unspecified atom stereocenters. The van der Waals surface area contributed by atoms with Crippen LogP contribution in [-0.4, -0.2) is 24.1 Å². The molecule has 0 heterocycles. The molecule has 1 aromatic carbocycles. The van der Waals surface area contributed by atoms with Crippen LogP contribution in [0.15, 0.2) is 24.3 Å². The largest absolute Gasteiger partial charge is 0.466 e. The fraction of sp³-hybridized carbons (Fsp3) is 0.533. The zero-order valence-corrected chi connectivity index (χ0v) is 11.9. The second-order valence-electron chi connectivity index (χ2n) is 4.76. The maximum absolute atomic E-state index is 13.1. The van der Waals surface area contributed by atoms with Crippen LogP contribution in [0, 0.1) is 5.92 Å². The van der Waals surface area contributed by atoms with Gasteiger partial charge in [0.05, 0.1) is 6.61 Å². The summed E-state index contributed by atoms with van der Waals surface area (Å²) < 4.78 is 30.9. The Kier molecular flexibility index (Phi) is 5.62. The Bertz CT molecular complexity index is 441. The standard InChI is InChI=1S/C15H20F2O3/c1-4-10-6-8-11(9-7-10)15(3,19)12(13(16)17)14(18)20-5-2/h6-9,12-13,19H,4-5H2,1-3H3. The van der Waals surface area contributed by atoms with Crippen molar-refractivity contribution in [2.75, 3.05) is 6.61 Å². The third-order valence-electron chi connectivity index (χ3n) is 3.34. The molecule has 0 aromatic heterocycles. The van der Waals surface area contributed by atoms with Gasteiger partial charge in [0, 0.05) is 0 Å². The minimum absolute atomic E-state index is 0.00704. The van der Waals surface area contributed by atoms with Gasteiger partial charge in [-0.1, -0.05) is 31.2 Å². The number of aliphatic hydroxyl groups is 1. The number of carbonyl (C=O) groups excluding carboxylic acids is 1. The van der Waals surface area contributed by atoms with E-state index >= 15 is 0 Å². The van der Waals surface area contributed by atoms with E-state index in [0.29, 0.717) is 0 Å². The van der Waals surface area contributed by atoms with Crippen LogP contribution in [0.25, 0.3) is 0 Å². The highest BCUT2D eigenvalue weighted by atomic mass is 19.3. The van der Waals surface area contributed by atoms with Crippen LogP contribution in [0.2, 0.25) is 0 Å². The highest BCUT2D eigenvalue weighted by Gasteiger charge is 2.46. The fourth-order valence-corrected chi connectivity index (χ4v) is 2.07. The number of alkyl halides is 2. The Balaban J connectivity index is 3.11. The van der Waals surface area contributed by atoms with Crippen molar-refractivity contribution in [2.45, 2.75) is 39.2 Å². The lowest BCUT2D eigenvalue weighted by Gasteiger charge is -2.31. The Morgan fingerprint density at radius 3 is 2.25 bits per heavy atom. The van der Waals surface area contributed by atoms with Gasteiger partial charge in [-0.2, -0.15) is 0 Å². The number of rotatable bonds is 6. The highest BCUT2D eigenvalue weighted by molar-refractivity contribution is 5.74. The summed E-state index contributed by atoms with van der Waals surface area (Å²) in [4.78, 5) is 11.7. The quantitative estimate of drug-likeness (QED) is 0.818. The van der Waals surface area contributed by atoms with Crippen molar-refractivity contribution < 1.29 is 23.4 Å². The number of halogens is 2. The predicted octanol–water partition coefficient (Wildman–Crippen LogP) is 2.90. The summed E-state index contributed by atoms with van der Waals surface area (Å²) in [6, 6.07) is 6.62. The van der Waals surface area contributed by atoms with Gasteiger partial charge in [0.1, 0.15) is 11.5 Å². The smallest absolute Gasteiger partial charge is 0.318 e. The summed E-state index contributed by atoms with van der Waals surface area (Å²) in [5, 5.41) is 10.4. The second-order valence-corrected chi connectivity index (χ2v) is 4.76. The van der Waals surface area contributed by atoms with E-state index in [1.165, 1.54) is 13.8 Å². The minimum atomic E-state index is -3.00. The van der Waals surface area contributed by atoms with Gasteiger partial charge in [0.25, 0.3) is 6.43 Å². The second kappa shape index (κ2) is 6.79. The number of ether oxygens (including phenoxy) is 1. The molecular weight excluding hydrogens is 266 g/mol. The molecule has 3 nitrogen and oxygen atoms in total. The van der Waals surface area contributed by atoms with Gasteiger partial charge in [-0.05, 0) is 31.4 Å². The number of hydrogen-bond acceptors (Lipinski definition) is 3. The first-order valence-electron chi connectivity index (χ1n) is 6.61. The van der Waals surface area contributed by atoms with Gasteiger partial charge in [-0.25, -0.2) is 8.78 Å². The monoisotopic (exact) mass is 286 g/mol. The van der Waals surface area contributed by atoms with E-state index in [-0.39, 0.29) is 12.2 Å². The zero-order chi connectivity index (χ0) is 15.3. The Morgan fingerprint density at radius 1 is 1.30 bits per heavy atom. The Labute approximate surface area is 117 Å². The van der Waals surface area contributed by atoms with Crippen LogP contribution in [0.4, 0.5) is 8.78 Å². The first kappa shape index (κ1) is 16.6. The summed E-state index contributed by atoms with van der Waals surface area (Å²) in [5.74, 6) is -3.00. The molecule has 0 aliphatic carbocycles. The van der Waals surface area contributed by atoms with Crippen molar-refractivity contribution in [3.05, 3.63) is 35.4 Å². The molecule has 2 atom stereocenters. The molecule has 0 spiro atoms. The molecule has 1 rings (SSSR count). The van der Waals surface area contributed by atoms with E-state index in [1.54, 1.807) is 24.3 Å². The summed E-state index contributed by atoms with van der Waals surface area (Å²) in [5.41, 5.74) is -0.686. The maximum Gasteiger partial charge on any atom is 0.318 e. The fourth-order valence-electron chi connectivity index (χ4n) is 2.07. The normalized spacial score (nSPS) is 15.8. The molecule has 0 aliphatic rings. The van der Waals surface area contributed by atoms with E-state index in [4.69, 9.17) is 0 Å². The summed E-state index contributed by atoms with van der Waals surface area (Å²) in [7, 11) is 0. The molecule has 0 radical (unpaired) electrons. The van der Waals surface area contributed by atoms with Gasteiger partial charge in [-0.3, -0.25) is 4.79 Å². The van der Waals surface area contributed by atoms with E-state index < -0.39 is 23.9 Å². The first-order valence-corrected chi connectivity index (χ1v) is 6.61. The molecule has 1 aromatic rings. The average Bonchev–Trinajstić information content (AvgIpc) is 2.38. The van der Waals surface area contributed by atoms with Gasteiger partial charge in [-0.15, -0.1) is 0 Å². The van der Waals surface area contributed by atoms with Crippen molar-refractivity contribution in [1.29, 1.82) is 0 Å². The maximum atomic E-state index is 13.1. The number of esters is 1. The topological polar surface area (TPSA) is 46.5 Å². The van der Waals surface area contributed by atoms with Crippen LogP contribution in [0.3, 0.4) is 0 Å². The summed E-state index contributed by atoms with van der Waals surface area (Å²) in [6.07, 6.45) is -2.20. The lowest BCUT2D eigenvalue weighted by atomic mass is 9.82. The lowest BCUT2D eigenvalue weighted by molar-refractivity contribution is -0.169. The first-order chi connectivity index (χ1) is 9.34. The summed E-state index contributed by atoms with van der Waals surface area (Å²) >= 11 is 0. The minimum Gasteiger partial charge on any atom is -0.466 e. The molecule has 0 saturated heterocycles. The zero-order valence-electron chi connectivity index (χ0n) is 11.9. The van der Waals surface area contributed by atoms with Crippen molar-refractivity contribution in [1.82, 2.24) is 0 Å². The number of hydrogen-bond donors (Lipinski definition) is 1. The summed E-state index contributed by atoms with van der Waals surface area (Å²) in [6.45, 7) is 4.70. The van der Waals surface area contributed by atoms with Gasteiger partial charge < -0.3 is 9.84 Å². The molecule has 0 fully saturated rings. The van der Waals surface area contributed by atoms with Crippen LogP contribution < -0.4 is 0 Å². The van der Waals surface area contributed by atoms with Crippen molar-refractivity contribution in [3.8, 4) is 0 Å². The van der Waals surface area contributed by atoms with E-state index in [9.17, 15) is 18.7 Å². The third-order valence-corrected chi connectivity index (χ3v) is 3.34. The van der Waals surface area contributed by atoms with Gasteiger partial charge >= 0.3 is 5.97 Å². The SMILES string of the molecule is CCOC(=O)C(C(F)F)C(C)(O)c1ccc(CC)cc1. The molecule has 20 heavy (non-hydrogen) atoms. The third kappa shape index (κ3) is 3.54. The van der Waals surface area contributed by atoms with Crippen LogP contribution >= 0.6 is 0 Å². The number of carbonyl (C=O) groups is 1. The van der Waals surface area contributed by atoms with Crippen LogP contribution in [0.1, 0.15) is 31.9 Å². The van der Waals surface area contributed by atoms with Crippen molar-refractivity contribution >= 4 is 5.97 Å². The van der Waals surface area contributed by atoms with Gasteiger partial charge in [0.2, 0.25) is 0 Å². The molecule has 0 saturated carbocycles. The molecule has 112 valence electrons. The molecule has 0 amide bonds. The number of aryl methyl sites for hydroxylation is 1. The molecule has 0 aliphatic heterocycles. The molecule has 1 N–H and O–H groups in total. The van der Waals surface area contributed by atoms with E-state index in [2.05, 4.69) is 4.74 Å². The molecular formula is C15H20F2O3. The van der Waals surface area contributed by atoms with E-state index in [0.717, 1.165) is 12.0 Å². The van der Waals surface area contributed by atoms with Crippen molar-refractivity contribution in [2.24, 2.45) is 5.92 Å². The van der Waals surface area contributed by atoms with Crippen molar-refractivity contribution in [3.63, 3.8) is 0 Å².